The molecule has 0 spiro atoms. The van der Waals surface area contributed by atoms with E-state index in [0.29, 0.717) is 5.92 Å². The van der Waals surface area contributed by atoms with Crippen LogP contribution in [0.5, 0.6) is 0 Å². The van der Waals surface area contributed by atoms with E-state index in [4.69, 9.17) is 15.7 Å². The largest absolute Gasteiger partial charge is 0.0989 e. The van der Waals surface area contributed by atoms with E-state index in [-0.39, 0.29) is 0 Å². The van der Waals surface area contributed by atoms with Gasteiger partial charge in [-0.1, -0.05) is 50.2 Å². The second-order valence-electron chi connectivity index (χ2n) is 5.77. The number of hydrogen-bond donors (Lipinski definition) is 0. The van der Waals surface area contributed by atoms with Crippen LogP contribution in [-0.4, -0.2) is 15.7 Å². The summed E-state index contributed by atoms with van der Waals surface area (Å²) in [6.45, 7) is 2.00. The summed E-state index contributed by atoms with van der Waals surface area (Å²) in [6.07, 6.45) is 9.69. The van der Waals surface area contributed by atoms with Crippen molar-refractivity contribution in [3.63, 3.8) is 0 Å². The third kappa shape index (κ3) is 2.38. The summed E-state index contributed by atoms with van der Waals surface area (Å²) in [7, 11) is 12.1. The van der Waals surface area contributed by atoms with Gasteiger partial charge in [0.25, 0.3) is 0 Å². The second-order valence-corrected chi connectivity index (χ2v) is 5.77. The first-order valence-electron chi connectivity index (χ1n) is 6.13. The van der Waals surface area contributed by atoms with E-state index in [1.807, 2.05) is 6.92 Å². The maximum absolute atomic E-state index is 6.06. The highest BCUT2D eigenvalue weighted by molar-refractivity contribution is 6.39. The monoisotopic (exact) mass is 186 g/mol. The van der Waals surface area contributed by atoms with Gasteiger partial charge in [0.1, 0.15) is 0 Å². The molecule has 74 valence electrons. The smallest absolute Gasteiger partial charge is 0.0620 e. The Morgan fingerprint density at radius 1 is 0.929 bits per heavy atom. The Balaban J connectivity index is 2.08. The maximum atomic E-state index is 6.06. The van der Waals surface area contributed by atoms with Crippen molar-refractivity contribution < 1.29 is 0 Å². The molecule has 0 N–H and O–H groups in total. The van der Waals surface area contributed by atoms with Crippen molar-refractivity contribution in [3.05, 3.63) is 0 Å². The Morgan fingerprint density at radius 3 is 1.86 bits per heavy atom. The van der Waals surface area contributed by atoms with Gasteiger partial charge in [-0.15, -0.1) is 0 Å². The first-order chi connectivity index (χ1) is 6.55. The first kappa shape index (κ1) is 10.6. The average Bonchev–Trinajstić information content (AvgIpc) is 2.32. The maximum Gasteiger partial charge on any atom is 0.0620 e. The van der Waals surface area contributed by atoms with Crippen LogP contribution in [0.4, 0.5) is 0 Å². The highest BCUT2D eigenvalue weighted by atomic mass is 14.4. The van der Waals surface area contributed by atoms with E-state index in [0.717, 1.165) is 11.8 Å². The Bertz CT molecular complexity index is 181. The Kier molecular flexibility index (Phi) is 3.00. The van der Waals surface area contributed by atoms with Crippen LogP contribution in [0.3, 0.4) is 0 Å². The Labute approximate surface area is 91.0 Å². The zero-order valence-corrected chi connectivity index (χ0v) is 9.34. The third-order valence-electron chi connectivity index (χ3n) is 4.32. The van der Waals surface area contributed by atoms with Crippen LogP contribution in [0.1, 0.15) is 51.9 Å². The van der Waals surface area contributed by atoms with Crippen LogP contribution >= 0.6 is 0 Å². The van der Waals surface area contributed by atoms with Crippen molar-refractivity contribution in [1.82, 2.24) is 0 Å². The molecule has 0 aromatic heterocycles. The molecule has 2 rings (SSSR count). The highest BCUT2D eigenvalue weighted by Crippen LogP contribution is 2.46. The molecule has 2 unspecified atom stereocenters. The Morgan fingerprint density at radius 2 is 1.43 bits per heavy atom. The third-order valence-corrected chi connectivity index (χ3v) is 4.32. The topological polar surface area (TPSA) is 0 Å². The molecule has 0 amide bonds. The Hall–Kier alpha value is 0.130. The van der Waals surface area contributed by atoms with Crippen LogP contribution in [0, 0.1) is 17.8 Å². The van der Waals surface area contributed by atoms with Gasteiger partial charge < -0.3 is 0 Å². The van der Waals surface area contributed by atoms with Gasteiger partial charge in [0.05, 0.1) is 15.7 Å². The molecule has 2 heteroatoms. The van der Waals surface area contributed by atoms with E-state index in [1.54, 1.807) is 0 Å². The zero-order chi connectivity index (χ0) is 10.2. The van der Waals surface area contributed by atoms with Gasteiger partial charge in [-0.05, 0) is 24.7 Å². The fraction of sp³-hybridized carbons (Fsp3) is 1.00. The minimum atomic E-state index is -0.446. The predicted octanol–water partition coefficient (Wildman–Crippen LogP) is 3.07. The van der Waals surface area contributed by atoms with Crippen molar-refractivity contribution in [3.8, 4) is 0 Å². The lowest BCUT2D eigenvalue weighted by atomic mass is 9.47. The summed E-state index contributed by atoms with van der Waals surface area (Å²) in [6, 6.07) is 0. The van der Waals surface area contributed by atoms with Gasteiger partial charge in [-0.25, -0.2) is 0 Å². The van der Waals surface area contributed by atoms with Crippen molar-refractivity contribution in [2.75, 3.05) is 0 Å². The molecule has 2 saturated carbocycles. The molecule has 0 aromatic rings. The first-order valence-corrected chi connectivity index (χ1v) is 6.13. The lowest BCUT2D eigenvalue weighted by Gasteiger charge is -2.35. The fourth-order valence-electron chi connectivity index (χ4n) is 3.34. The van der Waals surface area contributed by atoms with Crippen LogP contribution < -0.4 is 0 Å². The van der Waals surface area contributed by atoms with Gasteiger partial charge >= 0.3 is 0 Å². The summed E-state index contributed by atoms with van der Waals surface area (Å²) in [4.78, 5) is 0. The van der Waals surface area contributed by atoms with Gasteiger partial charge in [0, 0.05) is 0 Å². The molecule has 2 bridgehead atoms. The van der Waals surface area contributed by atoms with E-state index >= 15 is 0 Å². The molecule has 4 radical (unpaired) electrons. The van der Waals surface area contributed by atoms with Crippen molar-refractivity contribution in [2.24, 2.45) is 17.8 Å². The van der Waals surface area contributed by atoms with Crippen LogP contribution in [0.15, 0.2) is 0 Å². The van der Waals surface area contributed by atoms with E-state index in [1.165, 1.54) is 44.9 Å². The predicted molar refractivity (Wildman–Crippen MR) is 62.7 cm³/mol. The van der Waals surface area contributed by atoms with Crippen molar-refractivity contribution >= 4 is 15.7 Å². The lowest BCUT2D eigenvalue weighted by Crippen LogP contribution is -2.25. The summed E-state index contributed by atoms with van der Waals surface area (Å²) in [5.74, 6) is 2.39. The van der Waals surface area contributed by atoms with E-state index in [2.05, 4.69) is 0 Å². The molecule has 14 heavy (non-hydrogen) atoms. The zero-order valence-electron chi connectivity index (χ0n) is 9.34. The molecule has 0 nitrogen and oxygen atoms in total. The molecular formula is C12H20B2. The fourth-order valence-corrected chi connectivity index (χ4v) is 3.34. The number of rotatable bonds is 1. The van der Waals surface area contributed by atoms with Gasteiger partial charge in [-0.3, -0.25) is 0 Å². The van der Waals surface area contributed by atoms with E-state index in [9.17, 15) is 0 Å². The number of fused-ring (bicyclic) bond motifs is 3. The quantitative estimate of drug-likeness (QED) is 0.552. The minimum Gasteiger partial charge on any atom is -0.0989 e. The molecule has 2 aliphatic rings. The van der Waals surface area contributed by atoms with E-state index < -0.39 is 5.21 Å². The van der Waals surface area contributed by atoms with Crippen LogP contribution in [0.25, 0.3) is 0 Å². The second kappa shape index (κ2) is 3.94. The lowest BCUT2D eigenvalue weighted by molar-refractivity contribution is 0.280. The van der Waals surface area contributed by atoms with Crippen molar-refractivity contribution in [2.45, 2.75) is 57.1 Å². The summed E-state index contributed by atoms with van der Waals surface area (Å²) < 4.78 is 0. The summed E-state index contributed by atoms with van der Waals surface area (Å²) in [5, 5.41) is -0.446. The molecule has 2 aliphatic carbocycles. The number of hydrogen-bond acceptors (Lipinski definition) is 0. The summed E-state index contributed by atoms with van der Waals surface area (Å²) >= 11 is 0. The molecule has 0 aromatic carbocycles. The normalized spacial score (nSPS) is 39.1. The molecule has 0 saturated heterocycles. The molecule has 0 heterocycles. The highest BCUT2D eigenvalue weighted by Gasteiger charge is 2.33. The molecule has 0 aliphatic heterocycles. The summed E-state index contributed by atoms with van der Waals surface area (Å²) in [5.41, 5.74) is 0. The molecule has 2 atom stereocenters. The van der Waals surface area contributed by atoms with Crippen molar-refractivity contribution in [1.29, 1.82) is 0 Å². The minimum absolute atomic E-state index is 0.446. The van der Waals surface area contributed by atoms with Gasteiger partial charge in [0.2, 0.25) is 0 Å². The van der Waals surface area contributed by atoms with Gasteiger partial charge in [-0.2, -0.15) is 0 Å². The molecule has 2 fully saturated rings. The SMILES string of the molecule is [B]C([B])(C)C1CC2CCCC(CC2)C1. The van der Waals surface area contributed by atoms with Crippen LogP contribution in [-0.2, 0) is 0 Å². The average molecular weight is 186 g/mol. The van der Waals surface area contributed by atoms with Gasteiger partial charge in [0.15, 0.2) is 0 Å². The standard InChI is InChI=1S/C12H20B2/c1-12(13,14)11-7-9-3-2-4-10(8-11)6-5-9/h9-11H,2-8H2,1H3. The van der Waals surface area contributed by atoms with Crippen LogP contribution in [0.2, 0.25) is 5.21 Å². The molecular weight excluding hydrogens is 166 g/mol.